The van der Waals surface area contributed by atoms with E-state index in [0.29, 0.717) is 29.2 Å². The van der Waals surface area contributed by atoms with E-state index >= 15 is 0 Å². The van der Waals surface area contributed by atoms with Crippen molar-refractivity contribution < 1.29 is 31.9 Å². The molecule has 0 atom stereocenters. The fourth-order valence-corrected chi connectivity index (χ4v) is 5.00. The topological polar surface area (TPSA) is 129 Å². The third-order valence-electron chi connectivity index (χ3n) is 5.99. The Morgan fingerprint density at radius 3 is 2.61 bits per heavy atom. The molecule has 0 saturated heterocycles. The number of nitrogens with zero attached hydrogens (tertiary/aromatic N) is 2. The van der Waals surface area contributed by atoms with Gasteiger partial charge in [-0.05, 0) is 66.1 Å². The van der Waals surface area contributed by atoms with E-state index < -0.39 is 21.7 Å². The van der Waals surface area contributed by atoms with Gasteiger partial charge in [-0.25, -0.2) is 17.5 Å². The highest BCUT2D eigenvalue weighted by Crippen LogP contribution is 2.23. The molecule has 2 N–H and O–H groups in total. The van der Waals surface area contributed by atoms with Crippen LogP contribution in [-0.4, -0.2) is 50.3 Å². The van der Waals surface area contributed by atoms with Crippen LogP contribution in [-0.2, 0) is 27.8 Å². The first kappa shape index (κ1) is 29.3. The van der Waals surface area contributed by atoms with Crippen molar-refractivity contribution in [2.24, 2.45) is 0 Å². The zero-order valence-corrected chi connectivity index (χ0v) is 23.1. The minimum Gasteiger partial charge on any atom is -0.497 e. The number of methoxy groups -OCH3 is 1. The Kier molecular flexibility index (Phi) is 9.69. The molecule has 0 bridgehead atoms. The van der Waals surface area contributed by atoms with Crippen LogP contribution in [0, 0.1) is 5.82 Å². The number of sulfonamides is 1. The lowest BCUT2D eigenvalue weighted by molar-refractivity contribution is -0.119. The molecular weight excluding hydrogens is 551 g/mol. The van der Waals surface area contributed by atoms with E-state index in [0.717, 1.165) is 17.7 Å². The van der Waals surface area contributed by atoms with Crippen molar-refractivity contribution in [1.82, 2.24) is 19.8 Å². The number of halogens is 1. The Hall–Kier alpha value is -4.71. The van der Waals surface area contributed by atoms with Crippen molar-refractivity contribution >= 4 is 21.8 Å². The fourth-order valence-electron chi connectivity index (χ4n) is 3.95. The molecule has 0 aliphatic heterocycles. The van der Waals surface area contributed by atoms with Crippen LogP contribution in [0.15, 0.2) is 90.1 Å². The van der Waals surface area contributed by atoms with Crippen LogP contribution in [0.3, 0.4) is 0 Å². The summed E-state index contributed by atoms with van der Waals surface area (Å²) in [5.41, 5.74) is 2.02. The van der Waals surface area contributed by atoms with Crippen molar-refractivity contribution in [1.29, 1.82) is 0 Å². The van der Waals surface area contributed by atoms with Gasteiger partial charge in [0.05, 0.1) is 25.1 Å². The Labute approximate surface area is 237 Å². The monoisotopic (exact) mass is 580 g/mol. The summed E-state index contributed by atoms with van der Waals surface area (Å²) in [6.07, 6.45) is 3.52. The van der Waals surface area contributed by atoms with Gasteiger partial charge in [0, 0.05) is 24.4 Å². The van der Waals surface area contributed by atoms with Gasteiger partial charge in [-0.15, -0.1) is 0 Å². The van der Waals surface area contributed by atoms with Crippen molar-refractivity contribution in [2.75, 3.05) is 20.3 Å². The summed E-state index contributed by atoms with van der Waals surface area (Å²) in [5.74, 6) is -0.689. The molecule has 1 heterocycles. The third kappa shape index (κ3) is 8.39. The second kappa shape index (κ2) is 13.6. The first-order chi connectivity index (χ1) is 19.7. The molecule has 1 aromatic heterocycles. The molecule has 0 unspecified atom stereocenters. The van der Waals surface area contributed by atoms with Crippen molar-refractivity contribution in [3.05, 3.63) is 108 Å². The maximum Gasteiger partial charge on any atom is 0.264 e. The lowest BCUT2D eigenvalue weighted by atomic mass is 10.1. The van der Waals surface area contributed by atoms with Crippen molar-refractivity contribution in [3.63, 3.8) is 0 Å². The van der Waals surface area contributed by atoms with Crippen LogP contribution in [0.5, 0.6) is 11.5 Å². The highest BCUT2D eigenvalue weighted by atomic mass is 32.2. The maximum absolute atomic E-state index is 13.5. The van der Waals surface area contributed by atoms with Crippen LogP contribution < -0.4 is 19.5 Å². The largest absolute Gasteiger partial charge is 0.497 e. The van der Waals surface area contributed by atoms with Gasteiger partial charge in [0.1, 0.15) is 23.9 Å². The molecule has 2 amide bonds. The van der Waals surface area contributed by atoms with E-state index in [2.05, 4.69) is 10.4 Å². The molecule has 3 aromatic carbocycles. The molecule has 0 aliphatic carbocycles. The molecular formula is C29H29FN4O6S. The first-order valence-electron chi connectivity index (χ1n) is 12.7. The Balaban J connectivity index is 1.39. The average molecular weight is 581 g/mol. The second-order valence-corrected chi connectivity index (χ2v) is 10.7. The molecule has 4 rings (SSSR count). The fraction of sp³-hybridized carbons (Fsp3) is 0.207. The van der Waals surface area contributed by atoms with Gasteiger partial charge in [0.15, 0.2) is 0 Å². The lowest BCUT2D eigenvalue weighted by Crippen LogP contribution is -2.30. The lowest BCUT2D eigenvalue weighted by Gasteiger charge is -2.14. The van der Waals surface area contributed by atoms with Crippen molar-refractivity contribution in [3.8, 4) is 11.5 Å². The molecule has 0 radical (unpaired) electrons. The van der Waals surface area contributed by atoms with E-state index in [1.54, 1.807) is 41.2 Å². The summed E-state index contributed by atoms with van der Waals surface area (Å²) in [7, 11) is -2.69. The minimum atomic E-state index is -4.21. The number of aryl methyl sites for hydroxylation is 1. The number of rotatable bonds is 13. The Bertz CT molecular complexity index is 1610. The Morgan fingerprint density at radius 2 is 1.85 bits per heavy atom. The van der Waals surface area contributed by atoms with Crippen LogP contribution in [0.2, 0.25) is 0 Å². The Morgan fingerprint density at radius 1 is 1.02 bits per heavy atom. The molecule has 0 spiro atoms. The maximum atomic E-state index is 13.5. The number of hydrogen-bond acceptors (Lipinski definition) is 7. The van der Waals surface area contributed by atoms with Crippen LogP contribution in [0.25, 0.3) is 0 Å². The highest BCUT2D eigenvalue weighted by molar-refractivity contribution is 7.90. The average Bonchev–Trinajstić information content (AvgIpc) is 3.47. The number of ether oxygens (including phenoxy) is 2. The molecule has 10 nitrogen and oxygen atoms in total. The zero-order valence-electron chi connectivity index (χ0n) is 22.2. The van der Waals surface area contributed by atoms with Gasteiger partial charge >= 0.3 is 0 Å². The summed E-state index contributed by atoms with van der Waals surface area (Å²) in [6.45, 7) is 0.849. The smallest absolute Gasteiger partial charge is 0.264 e. The molecule has 0 fully saturated rings. The van der Waals surface area contributed by atoms with Crippen LogP contribution in [0.1, 0.15) is 27.9 Å². The summed E-state index contributed by atoms with van der Waals surface area (Å²) in [4.78, 5) is 24.7. The zero-order chi connectivity index (χ0) is 29.2. The van der Waals surface area contributed by atoms with E-state index in [-0.39, 0.29) is 36.8 Å². The van der Waals surface area contributed by atoms with E-state index in [9.17, 15) is 22.4 Å². The van der Waals surface area contributed by atoms with Gasteiger partial charge < -0.3 is 14.8 Å². The summed E-state index contributed by atoms with van der Waals surface area (Å²) in [5, 5.41) is 7.01. The third-order valence-corrected chi connectivity index (χ3v) is 7.36. The number of carbonyl (C=O) groups is 2. The normalized spacial score (nSPS) is 11.1. The van der Waals surface area contributed by atoms with E-state index in [4.69, 9.17) is 9.47 Å². The number of amides is 2. The standard InChI is InChI=1S/C29H29FN4O6S/c1-39-25-7-2-5-23(18-25)29(36)31-14-16-40-27-17-21(20-34-15-4-13-32-34)9-10-22(27)11-12-28(35)33-41(37,38)26-8-3-6-24(30)19-26/h2-10,13,15,17-19H,11-12,14,16,20H2,1H3,(H,31,36)(H,33,35). The quantitative estimate of drug-likeness (QED) is 0.232. The van der Waals surface area contributed by atoms with Crippen molar-refractivity contribution in [2.45, 2.75) is 24.3 Å². The predicted octanol–water partition coefficient (Wildman–Crippen LogP) is 3.33. The van der Waals surface area contributed by atoms with Gasteiger partial charge in [-0.3, -0.25) is 14.3 Å². The number of hydrogen-bond donors (Lipinski definition) is 2. The summed E-state index contributed by atoms with van der Waals surface area (Å²) in [6, 6.07) is 18.5. The molecule has 12 heteroatoms. The summed E-state index contributed by atoms with van der Waals surface area (Å²) < 4.78 is 53.3. The molecule has 0 aliphatic rings. The summed E-state index contributed by atoms with van der Waals surface area (Å²) >= 11 is 0. The van der Waals surface area contributed by atoms with Gasteiger partial charge in [0.25, 0.3) is 15.9 Å². The van der Waals surface area contributed by atoms with Gasteiger partial charge in [-0.2, -0.15) is 5.10 Å². The second-order valence-electron chi connectivity index (χ2n) is 8.97. The SMILES string of the molecule is COc1cccc(C(=O)NCCOc2cc(Cn3cccn3)ccc2CCC(=O)NS(=O)(=O)c2cccc(F)c2)c1. The van der Waals surface area contributed by atoms with E-state index in [1.807, 2.05) is 29.1 Å². The molecule has 0 saturated carbocycles. The predicted molar refractivity (Wildman–Crippen MR) is 149 cm³/mol. The van der Waals surface area contributed by atoms with Gasteiger partial charge in [0.2, 0.25) is 5.91 Å². The van der Waals surface area contributed by atoms with E-state index in [1.165, 1.54) is 19.2 Å². The number of aromatic nitrogens is 2. The number of carbonyl (C=O) groups excluding carboxylic acids is 2. The number of benzene rings is 3. The molecule has 214 valence electrons. The van der Waals surface area contributed by atoms with Gasteiger partial charge in [-0.1, -0.05) is 24.3 Å². The molecule has 41 heavy (non-hydrogen) atoms. The van der Waals surface area contributed by atoms with Crippen LogP contribution >= 0.6 is 0 Å². The molecule has 4 aromatic rings. The number of nitrogens with one attached hydrogen (secondary N) is 2. The highest BCUT2D eigenvalue weighted by Gasteiger charge is 2.19. The minimum absolute atomic E-state index is 0.147. The first-order valence-corrected chi connectivity index (χ1v) is 14.2. The van der Waals surface area contributed by atoms with Crippen LogP contribution in [0.4, 0.5) is 4.39 Å².